The number of aromatic nitrogens is 3. The third-order valence-electron chi connectivity index (χ3n) is 13.2. The minimum absolute atomic E-state index is 0.0422. The van der Waals surface area contributed by atoms with Gasteiger partial charge in [-0.2, -0.15) is 0 Å². The van der Waals surface area contributed by atoms with Gasteiger partial charge in [0.15, 0.2) is 5.52 Å². The molecule has 3 aromatic carbocycles. The van der Waals surface area contributed by atoms with Crippen LogP contribution in [0.4, 0.5) is 0 Å². The Hall–Kier alpha value is -3.96. The zero-order valence-electron chi connectivity index (χ0n) is 35.7. The van der Waals surface area contributed by atoms with E-state index in [4.69, 9.17) is 14.6 Å². The van der Waals surface area contributed by atoms with Crippen molar-refractivity contribution in [2.75, 3.05) is 13.7 Å². The maximum Gasteiger partial charge on any atom is 0.317 e. The Bertz CT molecular complexity index is 2150. The van der Waals surface area contributed by atoms with Gasteiger partial charge in [-0.3, -0.25) is 0 Å². The van der Waals surface area contributed by atoms with Crippen LogP contribution in [-0.2, 0) is 32.3 Å². The highest BCUT2D eigenvalue weighted by atomic mass is 16.5. The number of para-hydroxylation sites is 2. The number of ether oxygens (including phenoxy) is 2. The maximum atomic E-state index is 6.83. The number of unbranched alkanes of at least 4 members (excludes halogenated alkanes) is 2. The molecule has 1 aliphatic heterocycles. The predicted octanol–water partition coefficient (Wildman–Crippen LogP) is 12.6. The molecule has 0 bridgehead atoms. The number of benzene rings is 3. The lowest BCUT2D eigenvalue weighted by Crippen LogP contribution is -2.67. The average molecular weight is 743 g/mol. The number of hydrogen-bond acceptors (Lipinski definition) is 3. The van der Waals surface area contributed by atoms with Gasteiger partial charge in [0.25, 0.3) is 0 Å². The molecule has 5 heteroatoms. The number of methoxy groups -OCH3 is 1. The molecular formula is C50H68N3O2+. The van der Waals surface area contributed by atoms with Gasteiger partial charge in [-0.25, -0.2) is 4.57 Å². The monoisotopic (exact) mass is 743 g/mol. The van der Waals surface area contributed by atoms with Gasteiger partial charge in [0, 0.05) is 29.7 Å². The van der Waals surface area contributed by atoms with Gasteiger partial charge in [-0.05, 0) is 85.8 Å². The quantitative estimate of drug-likeness (QED) is 0.0510. The van der Waals surface area contributed by atoms with Crippen molar-refractivity contribution in [3.8, 4) is 0 Å². The summed E-state index contributed by atoms with van der Waals surface area (Å²) in [5, 5.41) is 8.30. The summed E-state index contributed by atoms with van der Waals surface area (Å²) in [5.74, 6) is 1.02. The van der Waals surface area contributed by atoms with Gasteiger partial charge in [0.2, 0.25) is 5.52 Å². The summed E-state index contributed by atoms with van der Waals surface area (Å²) < 4.78 is 17.8. The Morgan fingerprint density at radius 1 is 0.927 bits per heavy atom. The Morgan fingerprint density at radius 2 is 1.67 bits per heavy atom. The molecule has 0 amide bonds. The summed E-state index contributed by atoms with van der Waals surface area (Å²) in [7, 11) is 1.81. The van der Waals surface area contributed by atoms with Crippen molar-refractivity contribution in [2.45, 2.75) is 149 Å². The fourth-order valence-electron chi connectivity index (χ4n) is 9.81. The Labute approximate surface area is 331 Å². The van der Waals surface area contributed by atoms with E-state index in [9.17, 15) is 0 Å². The smallest absolute Gasteiger partial charge is 0.317 e. The van der Waals surface area contributed by atoms with Gasteiger partial charge < -0.3 is 9.47 Å². The minimum atomic E-state index is -0.180. The second-order valence-corrected chi connectivity index (χ2v) is 18.1. The van der Waals surface area contributed by atoms with Gasteiger partial charge >= 0.3 is 5.65 Å². The summed E-state index contributed by atoms with van der Waals surface area (Å²) in [6.07, 6.45) is 14.6. The molecule has 0 spiro atoms. The molecule has 5 aromatic rings. The molecule has 2 aromatic heterocycles. The molecule has 0 saturated carbocycles. The molecule has 3 heterocycles. The van der Waals surface area contributed by atoms with Crippen LogP contribution >= 0.6 is 0 Å². The molecule has 0 fully saturated rings. The number of aryl methyl sites for hydroxylation is 1. The van der Waals surface area contributed by atoms with Crippen molar-refractivity contribution in [1.82, 2.24) is 9.61 Å². The van der Waals surface area contributed by atoms with Crippen molar-refractivity contribution >= 4 is 33.5 Å². The highest BCUT2D eigenvalue weighted by Crippen LogP contribution is 2.53. The molecule has 55 heavy (non-hydrogen) atoms. The van der Waals surface area contributed by atoms with E-state index in [2.05, 4.69) is 151 Å². The lowest BCUT2D eigenvalue weighted by Gasteiger charge is -2.49. The number of fused-ring (bicyclic) bond motifs is 3. The third kappa shape index (κ3) is 7.39. The molecule has 0 radical (unpaired) electrons. The van der Waals surface area contributed by atoms with Crippen LogP contribution in [-0.4, -0.2) is 29.4 Å². The van der Waals surface area contributed by atoms with Crippen LogP contribution in [0.15, 0.2) is 85.1 Å². The van der Waals surface area contributed by atoms with E-state index >= 15 is 0 Å². The predicted molar refractivity (Wildman–Crippen MR) is 232 cm³/mol. The average Bonchev–Trinajstić information content (AvgIpc) is 3.52. The lowest BCUT2D eigenvalue weighted by molar-refractivity contribution is -0.729. The molecule has 6 rings (SSSR count). The van der Waals surface area contributed by atoms with Crippen LogP contribution in [0.1, 0.15) is 142 Å². The van der Waals surface area contributed by atoms with Crippen LogP contribution in [0, 0.1) is 5.41 Å². The van der Waals surface area contributed by atoms with E-state index in [1.165, 1.54) is 63.5 Å². The van der Waals surface area contributed by atoms with E-state index in [1.807, 2.05) is 13.2 Å². The van der Waals surface area contributed by atoms with Crippen LogP contribution in [0.2, 0.25) is 0 Å². The number of hydrogen-bond donors (Lipinski definition) is 0. The largest absolute Gasteiger partial charge is 0.498 e. The van der Waals surface area contributed by atoms with Crippen LogP contribution in [0.25, 0.3) is 33.5 Å². The van der Waals surface area contributed by atoms with Crippen molar-refractivity contribution in [3.63, 3.8) is 0 Å². The van der Waals surface area contributed by atoms with E-state index < -0.39 is 0 Å². The summed E-state index contributed by atoms with van der Waals surface area (Å²) in [6, 6.07) is 24.8. The Balaban J connectivity index is 1.40. The Kier molecular flexibility index (Phi) is 12.0. The second kappa shape index (κ2) is 16.3. The first-order valence-corrected chi connectivity index (χ1v) is 21.2. The maximum absolute atomic E-state index is 6.83. The number of imidazole rings is 1. The van der Waals surface area contributed by atoms with Crippen LogP contribution in [0.5, 0.6) is 0 Å². The highest BCUT2D eigenvalue weighted by molar-refractivity contribution is 6.00. The Morgan fingerprint density at radius 3 is 2.33 bits per heavy atom. The summed E-state index contributed by atoms with van der Waals surface area (Å²) in [4.78, 5) is 0. The van der Waals surface area contributed by atoms with Crippen molar-refractivity contribution in [3.05, 3.63) is 108 Å². The molecule has 5 nitrogen and oxygen atoms in total. The van der Waals surface area contributed by atoms with Gasteiger partial charge in [0.1, 0.15) is 5.54 Å². The number of allylic oxidation sites excluding steroid dienone is 1. The summed E-state index contributed by atoms with van der Waals surface area (Å²) >= 11 is 0. The van der Waals surface area contributed by atoms with Crippen molar-refractivity contribution < 1.29 is 14.0 Å². The van der Waals surface area contributed by atoms with Crippen LogP contribution < -0.4 is 4.57 Å². The third-order valence-corrected chi connectivity index (χ3v) is 13.2. The normalized spacial score (nSPS) is 19.5. The molecule has 0 saturated heterocycles. The first-order chi connectivity index (χ1) is 26.3. The van der Waals surface area contributed by atoms with E-state index in [0.717, 1.165) is 56.3 Å². The molecule has 3 atom stereocenters. The topological polar surface area (TPSA) is 39.6 Å². The van der Waals surface area contributed by atoms with Gasteiger partial charge in [0.05, 0.1) is 29.6 Å². The standard InChI is InChI=1S/C50H68N3O2/c1-12-16-19-32-48(8,9)45-39-22-20-23-40-44(39)46-52(41-24-17-18-25-42(41)53(46)51-45)49(10,14-3)50(40,15-4)33-21-34-55-38(35-43(54-11)47(5,6)7)31-30-37-28-26-36(13-2)27-29-37/h13,17-18,20,22-29,35,43H,2,12,14-16,19,21,30-34H2,1,3-11H3/q+1. The van der Waals surface area contributed by atoms with E-state index in [0.29, 0.717) is 6.61 Å². The first-order valence-electron chi connectivity index (χ1n) is 21.2. The zero-order chi connectivity index (χ0) is 39.6. The zero-order valence-corrected chi connectivity index (χ0v) is 35.7. The SMILES string of the molecule is C=Cc1ccc(CCC(=CC(OC)C(C)(C)C)OCCCC2(CC)c3cccc4c(C(C)(C)CCCCC)nn5c6ccccc6[n+](c5c34)C2(C)CC)cc1. The fraction of sp³-hybridized carbons (Fsp3) is 0.520. The highest BCUT2D eigenvalue weighted by Gasteiger charge is 2.57. The molecule has 0 aliphatic carbocycles. The molecule has 1 aliphatic rings. The minimum Gasteiger partial charge on any atom is -0.498 e. The molecule has 0 N–H and O–H groups in total. The van der Waals surface area contributed by atoms with Gasteiger partial charge in [-0.1, -0.05) is 152 Å². The number of rotatable bonds is 18. The second-order valence-electron chi connectivity index (χ2n) is 18.1. The lowest BCUT2D eigenvalue weighted by atomic mass is 9.58. The summed E-state index contributed by atoms with van der Waals surface area (Å²) in [6.45, 7) is 25.7. The van der Waals surface area contributed by atoms with E-state index in [1.54, 1.807) is 0 Å². The van der Waals surface area contributed by atoms with Crippen molar-refractivity contribution in [2.24, 2.45) is 5.41 Å². The van der Waals surface area contributed by atoms with Gasteiger partial charge in [-0.15, -0.1) is 0 Å². The van der Waals surface area contributed by atoms with Crippen LogP contribution in [0.3, 0.4) is 0 Å². The number of nitrogens with zero attached hydrogens (tertiary/aromatic N) is 3. The molecular weight excluding hydrogens is 675 g/mol. The summed E-state index contributed by atoms with van der Waals surface area (Å²) in [5.41, 5.74) is 8.43. The van der Waals surface area contributed by atoms with Crippen molar-refractivity contribution in [1.29, 1.82) is 0 Å². The van der Waals surface area contributed by atoms with E-state index in [-0.39, 0.29) is 27.9 Å². The molecule has 3 unspecified atom stereocenters. The first kappa shape index (κ1) is 40.7. The fourth-order valence-corrected chi connectivity index (χ4v) is 9.81. The molecule has 294 valence electrons.